The van der Waals surface area contributed by atoms with Crippen LogP contribution in [0.3, 0.4) is 0 Å². The Morgan fingerprint density at radius 3 is 2.24 bits per heavy atom. The maximum Gasteiger partial charge on any atom is 0.269 e. The van der Waals surface area contributed by atoms with Crippen LogP contribution in [0.15, 0.2) is 29.8 Å². The van der Waals surface area contributed by atoms with Crippen LogP contribution >= 0.6 is 0 Å². The number of ether oxygens (including phenoxy) is 1. The fraction of sp³-hybridized carbons (Fsp3) is 0.333. The third-order valence-corrected chi connectivity index (χ3v) is 2.40. The Hall–Kier alpha value is -1.72. The number of hydrogen-bond acceptors (Lipinski definition) is 4. The van der Waals surface area contributed by atoms with Crippen molar-refractivity contribution in [1.29, 1.82) is 0 Å². The average Bonchev–Trinajstić information content (AvgIpc) is 2.29. The molecular weight excluding hydrogens is 222 g/mol. The van der Waals surface area contributed by atoms with Gasteiger partial charge >= 0.3 is 0 Å². The van der Waals surface area contributed by atoms with Crippen LogP contribution in [0, 0.1) is 10.1 Å². The molecule has 0 saturated carbocycles. The topological polar surface area (TPSA) is 72.6 Å². The van der Waals surface area contributed by atoms with E-state index in [1.807, 2.05) is 13.8 Å². The highest BCUT2D eigenvalue weighted by Gasteiger charge is 2.15. The lowest BCUT2D eigenvalue weighted by Crippen LogP contribution is -2.12. The molecule has 0 aliphatic heterocycles. The van der Waals surface area contributed by atoms with Crippen molar-refractivity contribution in [2.45, 2.75) is 20.1 Å². The Balaban J connectivity index is 3.14. The molecule has 0 bridgehead atoms. The molecule has 5 nitrogen and oxygen atoms in total. The van der Waals surface area contributed by atoms with Crippen LogP contribution in [-0.2, 0) is 4.74 Å². The van der Waals surface area contributed by atoms with Gasteiger partial charge in [-0.3, -0.25) is 10.1 Å². The highest BCUT2D eigenvalue weighted by atomic mass is 16.6. The fourth-order valence-corrected chi connectivity index (χ4v) is 1.56. The van der Waals surface area contributed by atoms with Gasteiger partial charge in [0.25, 0.3) is 5.69 Å². The van der Waals surface area contributed by atoms with E-state index in [4.69, 9.17) is 4.74 Å². The first-order chi connectivity index (χ1) is 7.97. The summed E-state index contributed by atoms with van der Waals surface area (Å²) in [6.45, 7) is 3.69. The number of allylic oxidation sites excluding steroid dienone is 1. The molecule has 17 heavy (non-hydrogen) atoms. The minimum absolute atomic E-state index is 0.0220. The third-order valence-electron chi connectivity index (χ3n) is 2.40. The Labute approximate surface area is 99.5 Å². The van der Waals surface area contributed by atoms with Crippen molar-refractivity contribution in [3.63, 3.8) is 0 Å². The van der Waals surface area contributed by atoms with Gasteiger partial charge in [-0.15, -0.1) is 0 Å². The number of methoxy groups -OCH3 is 1. The summed E-state index contributed by atoms with van der Waals surface area (Å²) < 4.78 is 4.87. The van der Waals surface area contributed by atoms with Crippen molar-refractivity contribution >= 4 is 11.3 Å². The molecule has 0 radical (unpaired) electrons. The summed E-state index contributed by atoms with van der Waals surface area (Å²) in [6.07, 6.45) is -1.03. The first-order valence-electron chi connectivity index (χ1n) is 5.10. The minimum Gasteiger partial charge on any atom is -0.364 e. The number of non-ortho nitro benzene ring substituents is 1. The largest absolute Gasteiger partial charge is 0.364 e. The molecule has 1 aromatic rings. The Morgan fingerprint density at radius 2 is 1.88 bits per heavy atom. The van der Waals surface area contributed by atoms with Crippen molar-refractivity contribution in [2.75, 3.05) is 7.11 Å². The molecule has 0 heterocycles. The summed E-state index contributed by atoms with van der Waals surface area (Å²) in [5.41, 5.74) is 2.26. The molecule has 0 aliphatic rings. The van der Waals surface area contributed by atoms with Crippen molar-refractivity contribution in [3.05, 3.63) is 45.5 Å². The number of nitro benzene ring substituents is 1. The Kier molecular flexibility index (Phi) is 4.37. The van der Waals surface area contributed by atoms with Crippen LogP contribution in [0.2, 0.25) is 0 Å². The van der Waals surface area contributed by atoms with E-state index in [1.165, 1.54) is 19.2 Å². The van der Waals surface area contributed by atoms with E-state index in [2.05, 4.69) is 0 Å². The predicted molar refractivity (Wildman–Crippen MR) is 64.4 cm³/mol. The molecule has 92 valence electrons. The van der Waals surface area contributed by atoms with Gasteiger partial charge in [0.1, 0.15) is 0 Å². The summed E-state index contributed by atoms with van der Waals surface area (Å²) in [7, 11) is 1.40. The molecule has 0 aliphatic carbocycles. The SMILES string of the molecule is COC(O)C(=C(C)C)c1ccc([N+](=O)[O-])cc1. The van der Waals surface area contributed by atoms with Gasteiger partial charge in [-0.1, -0.05) is 5.57 Å². The van der Waals surface area contributed by atoms with Crippen LogP contribution in [0.25, 0.3) is 5.57 Å². The minimum atomic E-state index is -1.03. The van der Waals surface area contributed by atoms with Crippen LogP contribution < -0.4 is 0 Å². The molecule has 1 N–H and O–H groups in total. The molecule has 0 amide bonds. The lowest BCUT2D eigenvalue weighted by Gasteiger charge is -2.15. The number of aliphatic hydroxyl groups is 1. The summed E-state index contributed by atoms with van der Waals surface area (Å²) in [5, 5.41) is 20.2. The molecule has 0 spiro atoms. The predicted octanol–water partition coefficient (Wildman–Crippen LogP) is 2.35. The van der Waals surface area contributed by atoms with Crippen molar-refractivity contribution in [2.24, 2.45) is 0 Å². The maximum absolute atomic E-state index is 10.5. The molecule has 1 unspecified atom stereocenters. The second-order valence-corrected chi connectivity index (χ2v) is 3.81. The first-order valence-corrected chi connectivity index (χ1v) is 5.10. The summed E-state index contributed by atoms with van der Waals surface area (Å²) >= 11 is 0. The van der Waals surface area contributed by atoms with E-state index in [-0.39, 0.29) is 5.69 Å². The van der Waals surface area contributed by atoms with Crippen molar-refractivity contribution in [1.82, 2.24) is 0 Å². The molecular formula is C12H15NO4. The quantitative estimate of drug-likeness (QED) is 0.495. The molecule has 1 atom stereocenters. The summed E-state index contributed by atoms with van der Waals surface area (Å²) in [6, 6.07) is 6.01. The molecule has 5 heteroatoms. The molecule has 0 fully saturated rings. The second kappa shape index (κ2) is 5.56. The maximum atomic E-state index is 10.5. The lowest BCUT2D eigenvalue weighted by atomic mass is 10.0. The highest BCUT2D eigenvalue weighted by molar-refractivity contribution is 5.70. The van der Waals surface area contributed by atoms with E-state index in [0.717, 1.165) is 5.57 Å². The number of nitrogens with zero attached hydrogens (tertiary/aromatic N) is 1. The fourth-order valence-electron chi connectivity index (χ4n) is 1.56. The summed E-state index contributed by atoms with van der Waals surface area (Å²) in [5.74, 6) is 0. The van der Waals surface area contributed by atoms with Crippen molar-refractivity contribution < 1.29 is 14.8 Å². The normalized spacial score (nSPS) is 12.0. The number of hydrogen-bond donors (Lipinski definition) is 1. The highest BCUT2D eigenvalue weighted by Crippen LogP contribution is 2.24. The Bertz CT molecular complexity index is 432. The zero-order chi connectivity index (χ0) is 13.0. The van der Waals surface area contributed by atoms with Gasteiger partial charge < -0.3 is 9.84 Å². The van der Waals surface area contributed by atoms with Gasteiger partial charge in [0, 0.05) is 24.8 Å². The van der Waals surface area contributed by atoms with E-state index < -0.39 is 11.2 Å². The smallest absolute Gasteiger partial charge is 0.269 e. The number of nitro groups is 1. The zero-order valence-corrected chi connectivity index (χ0v) is 10.0. The number of rotatable bonds is 4. The van der Waals surface area contributed by atoms with Gasteiger partial charge in [0.05, 0.1) is 4.92 Å². The lowest BCUT2D eigenvalue weighted by molar-refractivity contribution is -0.384. The average molecular weight is 237 g/mol. The third kappa shape index (κ3) is 3.12. The van der Waals surface area contributed by atoms with E-state index in [0.29, 0.717) is 11.1 Å². The standard InChI is InChI=1S/C12H15NO4/c1-8(2)11(12(14)17-3)9-4-6-10(7-5-9)13(15)16/h4-7,12,14H,1-3H3. The summed E-state index contributed by atoms with van der Waals surface area (Å²) in [4.78, 5) is 10.1. The van der Waals surface area contributed by atoms with Crippen LogP contribution in [0.4, 0.5) is 5.69 Å². The number of benzene rings is 1. The van der Waals surface area contributed by atoms with E-state index in [9.17, 15) is 15.2 Å². The van der Waals surface area contributed by atoms with Gasteiger partial charge in [0.2, 0.25) is 0 Å². The first kappa shape index (κ1) is 13.3. The molecule has 0 saturated heterocycles. The Morgan fingerprint density at radius 1 is 1.35 bits per heavy atom. The van der Waals surface area contributed by atoms with Gasteiger partial charge in [0.15, 0.2) is 6.29 Å². The van der Waals surface area contributed by atoms with Crippen LogP contribution in [-0.4, -0.2) is 23.4 Å². The van der Waals surface area contributed by atoms with Gasteiger partial charge in [-0.25, -0.2) is 0 Å². The van der Waals surface area contributed by atoms with Crippen LogP contribution in [0.1, 0.15) is 19.4 Å². The van der Waals surface area contributed by atoms with Crippen molar-refractivity contribution in [3.8, 4) is 0 Å². The van der Waals surface area contributed by atoms with E-state index >= 15 is 0 Å². The molecule has 1 aromatic carbocycles. The second-order valence-electron chi connectivity index (χ2n) is 3.81. The van der Waals surface area contributed by atoms with Gasteiger partial charge in [-0.05, 0) is 31.5 Å². The number of aliphatic hydroxyl groups excluding tert-OH is 1. The monoisotopic (exact) mass is 237 g/mol. The molecule has 0 aromatic heterocycles. The zero-order valence-electron chi connectivity index (χ0n) is 10.0. The molecule has 1 rings (SSSR count). The van der Waals surface area contributed by atoms with Crippen LogP contribution in [0.5, 0.6) is 0 Å². The van der Waals surface area contributed by atoms with E-state index in [1.54, 1.807) is 12.1 Å². The van der Waals surface area contributed by atoms with Gasteiger partial charge in [-0.2, -0.15) is 0 Å².